The van der Waals surface area contributed by atoms with Gasteiger partial charge in [-0.2, -0.15) is 0 Å². The maximum Gasteiger partial charge on any atom is -0.00643 e. The van der Waals surface area contributed by atoms with Crippen molar-refractivity contribution in [3.8, 4) is 33.4 Å². The molecule has 0 spiro atoms. The van der Waals surface area contributed by atoms with E-state index in [0.717, 1.165) is 6.42 Å². The van der Waals surface area contributed by atoms with E-state index < -0.39 is 0 Å². The second-order valence-electron chi connectivity index (χ2n) is 8.17. The summed E-state index contributed by atoms with van der Waals surface area (Å²) >= 11 is 0. The lowest BCUT2D eigenvalue weighted by molar-refractivity contribution is 0.649. The third-order valence-electron chi connectivity index (χ3n) is 5.45. The van der Waals surface area contributed by atoms with E-state index in [-0.39, 0.29) is 0 Å². The zero-order valence-corrected chi connectivity index (χ0v) is 17.5. The lowest BCUT2D eigenvalue weighted by Gasteiger charge is -2.23. The van der Waals surface area contributed by atoms with Crippen molar-refractivity contribution in [3.05, 3.63) is 108 Å². The fourth-order valence-electron chi connectivity index (χ4n) is 4.25. The third kappa shape index (κ3) is 4.03. The summed E-state index contributed by atoms with van der Waals surface area (Å²) in [5.74, 6) is 0.575. The van der Waals surface area contributed by atoms with Crippen LogP contribution in [0.5, 0.6) is 0 Å². The molecule has 144 valence electrons. The number of benzene rings is 4. The maximum atomic E-state index is 2.39. The maximum absolute atomic E-state index is 2.39. The van der Waals surface area contributed by atoms with Crippen LogP contribution in [0.15, 0.2) is 97.1 Å². The van der Waals surface area contributed by atoms with Gasteiger partial charge in [0.05, 0.1) is 0 Å². The Labute approximate surface area is 174 Å². The third-order valence-corrected chi connectivity index (χ3v) is 5.45. The van der Waals surface area contributed by atoms with Crippen LogP contribution in [-0.4, -0.2) is 0 Å². The summed E-state index contributed by atoms with van der Waals surface area (Å²) in [5, 5.41) is 0. The Balaban J connectivity index is 2.10. The average molecular weight is 377 g/mol. The standard InChI is InChI=1S/C29H28/c1-21(2)19-27-26(23-13-7-4-8-14-23)20-22(3)28(24-15-9-5-10-16-24)29(27)25-17-11-6-12-18-25/h4-18,20-21H,19H2,1-3H3. The molecular weight excluding hydrogens is 348 g/mol. The summed E-state index contributed by atoms with van der Waals surface area (Å²) in [5.41, 5.74) is 10.7. The van der Waals surface area contributed by atoms with E-state index in [2.05, 4.69) is 118 Å². The second-order valence-corrected chi connectivity index (χ2v) is 8.17. The minimum atomic E-state index is 0.575. The van der Waals surface area contributed by atoms with E-state index in [9.17, 15) is 0 Å². The van der Waals surface area contributed by atoms with Gasteiger partial charge in [-0.25, -0.2) is 0 Å². The average Bonchev–Trinajstić information content (AvgIpc) is 2.76. The summed E-state index contributed by atoms with van der Waals surface area (Å²) in [4.78, 5) is 0. The molecule has 0 heterocycles. The van der Waals surface area contributed by atoms with Crippen molar-refractivity contribution in [2.45, 2.75) is 27.2 Å². The summed E-state index contributed by atoms with van der Waals surface area (Å²) in [7, 11) is 0. The highest BCUT2D eigenvalue weighted by molar-refractivity contribution is 5.92. The zero-order valence-electron chi connectivity index (χ0n) is 17.5. The molecule has 29 heavy (non-hydrogen) atoms. The number of rotatable bonds is 5. The van der Waals surface area contributed by atoms with Crippen LogP contribution in [0.4, 0.5) is 0 Å². The smallest absolute Gasteiger partial charge is 0.00643 e. The predicted octanol–water partition coefficient (Wildman–Crippen LogP) is 8.19. The molecule has 0 aliphatic carbocycles. The monoisotopic (exact) mass is 376 g/mol. The molecule has 0 unspecified atom stereocenters. The molecule has 0 aliphatic heterocycles. The van der Waals surface area contributed by atoms with Gasteiger partial charge in [0.15, 0.2) is 0 Å². The highest BCUT2D eigenvalue weighted by Gasteiger charge is 2.20. The van der Waals surface area contributed by atoms with Crippen LogP contribution in [0.2, 0.25) is 0 Å². The number of hydrogen-bond acceptors (Lipinski definition) is 0. The van der Waals surface area contributed by atoms with Gasteiger partial charge in [-0.3, -0.25) is 0 Å². The Morgan fingerprint density at radius 1 is 0.586 bits per heavy atom. The van der Waals surface area contributed by atoms with E-state index >= 15 is 0 Å². The number of hydrogen-bond donors (Lipinski definition) is 0. The Morgan fingerprint density at radius 2 is 1.03 bits per heavy atom. The molecule has 0 heteroatoms. The van der Waals surface area contributed by atoms with Gasteiger partial charge in [0, 0.05) is 0 Å². The fourth-order valence-corrected chi connectivity index (χ4v) is 4.25. The molecule has 0 bridgehead atoms. The van der Waals surface area contributed by atoms with Crippen LogP contribution in [0.1, 0.15) is 25.0 Å². The van der Waals surface area contributed by atoms with Crippen LogP contribution in [-0.2, 0) is 6.42 Å². The molecule has 0 radical (unpaired) electrons. The largest absolute Gasteiger partial charge is 0.0625 e. The molecule has 4 rings (SSSR count). The van der Waals surface area contributed by atoms with Gasteiger partial charge in [-0.05, 0) is 63.8 Å². The second kappa shape index (κ2) is 8.49. The SMILES string of the molecule is Cc1cc(-c2ccccc2)c(CC(C)C)c(-c2ccccc2)c1-c1ccccc1. The molecular formula is C29H28. The fraction of sp³-hybridized carbons (Fsp3) is 0.172. The molecule has 0 saturated heterocycles. The van der Waals surface area contributed by atoms with Crippen molar-refractivity contribution in [2.75, 3.05) is 0 Å². The highest BCUT2D eigenvalue weighted by Crippen LogP contribution is 2.43. The van der Waals surface area contributed by atoms with Gasteiger partial charge in [0.25, 0.3) is 0 Å². The van der Waals surface area contributed by atoms with E-state index in [0.29, 0.717) is 5.92 Å². The van der Waals surface area contributed by atoms with E-state index in [4.69, 9.17) is 0 Å². The molecule has 0 nitrogen and oxygen atoms in total. The van der Waals surface area contributed by atoms with Crippen LogP contribution in [0.3, 0.4) is 0 Å². The van der Waals surface area contributed by atoms with E-state index in [1.807, 2.05) is 0 Å². The van der Waals surface area contributed by atoms with Crippen molar-refractivity contribution in [2.24, 2.45) is 5.92 Å². The molecule has 0 fully saturated rings. The Bertz CT molecular complexity index is 1080. The van der Waals surface area contributed by atoms with Gasteiger partial charge >= 0.3 is 0 Å². The van der Waals surface area contributed by atoms with Crippen LogP contribution in [0.25, 0.3) is 33.4 Å². The summed E-state index contributed by atoms with van der Waals surface area (Å²) < 4.78 is 0. The molecule has 0 aromatic heterocycles. The first kappa shape index (κ1) is 19.2. The van der Waals surface area contributed by atoms with Gasteiger partial charge in [-0.1, -0.05) is 111 Å². The summed E-state index contributed by atoms with van der Waals surface area (Å²) in [6.07, 6.45) is 1.05. The molecule has 4 aromatic rings. The molecule has 4 aromatic carbocycles. The first-order valence-electron chi connectivity index (χ1n) is 10.5. The predicted molar refractivity (Wildman–Crippen MR) is 126 cm³/mol. The zero-order chi connectivity index (χ0) is 20.2. The molecule has 0 N–H and O–H groups in total. The van der Waals surface area contributed by atoms with Crippen molar-refractivity contribution in [1.82, 2.24) is 0 Å². The van der Waals surface area contributed by atoms with Gasteiger partial charge < -0.3 is 0 Å². The summed E-state index contributed by atoms with van der Waals surface area (Å²) in [6.45, 7) is 6.87. The summed E-state index contributed by atoms with van der Waals surface area (Å²) in [6, 6.07) is 34.9. The van der Waals surface area contributed by atoms with E-state index in [1.165, 1.54) is 44.5 Å². The van der Waals surface area contributed by atoms with Crippen molar-refractivity contribution < 1.29 is 0 Å². The first-order chi connectivity index (χ1) is 14.1. The lowest BCUT2D eigenvalue weighted by Crippen LogP contribution is -2.04. The van der Waals surface area contributed by atoms with Crippen molar-refractivity contribution in [3.63, 3.8) is 0 Å². The Hall–Kier alpha value is -3.12. The highest BCUT2D eigenvalue weighted by atomic mass is 14.2. The van der Waals surface area contributed by atoms with Gasteiger partial charge in [0.1, 0.15) is 0 Å². The van der Waals surface area contributed by atoms with Crippen molar-refractivity contribution >= 4 is 0 Å². The first-order valence-corrected chi connectivity index (χ1v) is 10.5. The molecule has 0 atom stereocenters. The normalized spacial score (nSPS) is 11.0. The topological polar surface area (TPSA) is 0 Å². The van der Waals surface area contributed by atoms with Crippen LogP contribution in [0, 0.1) is 12.8 Å². The van der Waals surface area contributed by atoms with Gasteiger partial charge in [0.2, 0.25) is 0 Å². The Morgan fingerprint density at radius 3 is 1.52 bits per heavy atom. The van der Waals surface area contributed by atoms with E-state index in [1.54, 1.807) is 0 Å². The number of aryl methyl sites for hydroxylation is 1. The molecule has 0 aliphatic rings. The van der Waals surface area contributed by atoms with Gasteiger partial charge in [-0.15, -0.1) is 0 Å². The Kier molecular flexibility index (Phi) is 5.62. The van der Waals surface area contributed by atoms with Crippen LogP contribution >= 0.6 is 0 Å². The minimum absolute atomic E-state index is 0.575. The van der Waals surface area contributed by atoms with Crippen molar-refractivity contribution in [1.29, 1.82) is 0 Å². The molecule has 0 amide bonds. The molecule has 0 saturated carbocycles. The minimum Gasteiger partial charge on any atom is -0.0625 e. The van der Waals surface area contributed by atoms with Crippen LogP contribution < -0.4 is 0 Å². The quantitative estimate of drug-likeness (QED) is 0.329. The lowest BCUT2D eigenvalue weighted by atomic mass is 9.80.